The number of nitrogens with one attached hydrogen (secondary N) is 1. The van der Waals surface area contributed by atoms with E-state index in [-0.39, 0.29) is 17.6 Å². The van der Waals surface area contributed by atoms with Crippen LogP contribution in [0.4, 0.5) is 17.3 Å². The highest BCUT2D eigenvalue weighted by Gasteiger charge is 2.12. The summed E-state index contributed by atoms with van der Waals surface area (Å²) in [5.41, 5.74) is 12.7. The predicted molar refractivity (Wildman–Crippen MR) is 95.0 cm³/mol. The summed E-state index contributed by atoms with van der Waals surface area (Å²) >= 11 is 2.60. The molecule has 2 rings (SSSR count). The Labute approximate surface area is 142 Å². The molecule has 0 spiro atoms. The number of nitrogens with two attached hydrogens (primary N) is 2. The first-order valence-corrected chi connectivity index (χ1v) is 8.78. The predicted octanol–water partition coefficient (Wildman–Crippen LogP) is 2.10. The molecular weight excluding hydrogens is 334 g/mol. The number of benzene rings is 1. The summed E-state index contributed by atoms with van der Waals surface area (Å²) in [4.78, 5) is 20.2. The van der Waals surface area contributed by atoms with Gasteiger partial charge in [-0.1, -0.05) is 17.8 Å². The number of rotatable bonds is 6. The second-order valence-corrected chi connectivity index (χ2v) is 6.14. The van der Waals surface area contributed by atoms with E-state index >= 15 is 0 Å². The van der Waals surface area contributed by atoms with Crippen molar-refractivity contribution in [3.05, 3.63) is 24.3 Å². The van der Waals surface area contributed by atoms with Crippen LogP contribution in [0.2, 0.25) is 0 Å². The van der Waals surface area contributed by atoms with E-state index in [4.69, 9.17) is 16.2 Å². The summed E-state index contributed by atoms with van der Waals surface area (Å²) < 4.78 is 5.11. The lowest BCUT2D eigenvalue weighted by Gasteiger charge is -2.09. The van der Waals surface area contributed by atoms with E-state index < -0.39 is 0 Å². The molecule has 2 aromatic rings. The standard InChI is InChI=1S/C14H17N5O2S2/c1-21-9-5-3-4-8(6-9)17-10(20)7-23-13-11(15)12(22-2)18-14(16)19-13/h3-6H,7,15H2,1-2H3,(H,17,20)(H2,16,18,19). The third-order valence-electron chi connectivity index (χ3n) is 2.78. The first-order chi connectivity index (χ1) is 11.0. The fraction of sp³-hybridized carbons (Fsp3) is 0.214. The van der Waals surface area contributed by atoms with Crippen molar-refractivity contribution in [3.8, 4) is 5.75 Å². The molecule has 5 N–H and O–H groups in total. The van der Waals surface area contributed by atoms with Gasteiger partial charge < -0.3 is 21.5 Å². The van der Waals surface area contributed by atoms with Crippen molar-refractivity contribution in [1.82, 2.24) is 9.97 Å². The molecule has 1 amide bonds. The summed E-state index contributed by atoms with van der Waals surface area (Å²) in [6.45, 7) is 0. The molecule has 0 saturated heterocycles. The van der Waals surface area contributed by atoms with Crippen LogP contribution in [0, 0.1) is 0 Å². The highest BCUT2D eigenvalue weighted by molar-refractivity contribution is 8.00. The van der Waals surface area contributed by atoms with E-state index in [1.165, 1.54) is 23.5 Å². The highest BCUT2D eigenvalue weighted by atomic mass is 32.2. The molecule has 0 bridgehead atoms. The van der Waals surface area contributed by atoms with Gasteiger partial charge in [0, 0.05) is 11.8 Å². The molecule has 0 radical (unpaired) electrons. The number of hydrogen-bond acceptors (Lipinski definition) is 8. The summed E-state index contributed by atoms with van der Waals surface area (Å²) in [5.74, 6) is 0.795. The largest absolute Gasteiger partial charge is 0.497 e. The van der Waals surface area contributed by atoms with E-state index in [1.54, 1.807) is 31.4 Å². The minimum Gasteiger partial charge on any atom is -0.497 e. The Kier molecular flexibility index (Phi) is 5.94. The van der Waals surface area contributed by atoms with Crippen molar-refractivity contribution in [1.29, 1.82) is 0 Å². The lowest BCUT2D eigenvalue weighted by Crippen LogP contribution is -2.14. The normalized spacial score (nSPS) is 10.3. The molecule has 0 aliphatic rings. The fourth-order valence-corrected chi connectivity index (χ4v) is 3.06. The van der Waals surface area contributed by atoms with Crippen molar-refractivity contribution < 1.29 is 9.53 Å². The van der Waals surface area contributed by atoms with Crippen molar-refractivity contribution in [3.63, 3.8) is 0 Å². The number of carbonyl (C=O) groups excluding carboxylic acids is 1. The first-order valence-electron chi connectivity index (χ1n) is 6.57. The van der Waals surface area contributed by atoms with Crippen LogP contribution in [0.15, 0.2) is 34.3 Å². The maximum absolute atomic E-state index is 12.0. The van der Waals surface area contributed by atoms with Gasteiger partial charge >= 0.3 is 0 Å². The van der Waals surface area contributed by atoms with Crippen LogP contribution in [0.3, 0.4) is 0 Å². The highest BCUT2D eigenvalue weighted by Crippen LogP contribution is 2.30. The topological polar surface area (TPSA) is 116 Å². The second kappa shape index (κ2) is 7.93. The molecule has 1 aromatic carbocycles. The van der Waals surface area contributed by atoms with Crippen LogP contribution >= 0.6 is 23.5 Å². The van der Waals surface area contributed by atoms with Crippen LogP contribution in [-0.2, 0) is 4.79 Å². The molecule has 0 aliphatic carbocycles. The number of methoxy groups -OCH3 is 1. The van der Waals surface area contributed by atoms with Gasteiger partial charge in [-0.25, -0.2) is 9.97 Å². The number of ether oxygens (including phenoxy) is 1. The minimum absolute atomic E-state index is 0.138. The molecule has 1 aromatic heterocycles. The summed E-state index contributed by atoms with van der Waals surface area (Å²) in [6.07, 6.45) is 1.85. The van der Waals surface area contributed by atoms with Crippen molar-refractivity contribution >= 4 is 46.8 Å². The van der Waals surface area contributed by atoms with Crippen LogP contribution < -0.4 is 21.5 Å². The number of carbonyl (C=O) groups is 1. The van der Waals surface area contributed by atoms with E-state index in [1.807, 2.05) is 6.26 Å². The molecule has 23 heavy (non-hydrogen) atoms. The van der Waals surface area contributed by atoms with Gasteiger partial charge in [0.25, 0.3) is 0 Å². The lowest BCUT2D eigenvalue weighted by molar-refractivity contribution is -0.113. The first kappa shape index (κ1) is 17.2. The molecule has 0 saturated carbocycles. The zero-order valence-corrected chi connectivity index (χ0v) is 14.3. The Morgan fingerprint density at radius 2 is 2.04 bits per heavy atom. The van der Waals surface area contributed by atoms with Gasteiger partial charge in [-0.15, -0.1) is 11.8 Å². The Balaban J connectivity index is 2.00. The lowest BCUT2D eigenvalue weighted by atomic mass is 10.3. The molecule has 7 nitrogen and oxygen atoms in total. The quantitative estimate of drug-likeness (QED) is 0.535. The van der Waals surface area contributed by atoms with Gasteiger partial charge in [0.15, 0.2) is 0 Å². The third kappa shape index (κ3) is 4.67. The monoisotopic (exact) mass is 351 g/mol. The Hall–Kier alpha value is -2.13. The Morgan fingerprint density at radius 1 is 1.30 bits per heavy atom. The van der Waals surface area contributed by atoms with Crippen molar-refractivity contribution in [2.24, 2.45) is 0 Å². The average Bonchev–Trinajstić information content (AvgIpc) is 2.55. The molecule has 9 heteroatoms. The summed E-state index contributed by atoms with van der Waals surface area (Å²) in [6, 6.07) is 7.13. The number of hydrogen-bond donors (Lipinski definition) is 3. The second-order valence-electron chi connectivity index (χ2n) is 4.38. The van der Waals surface area contributed by atoms with E-state index in [0.29, 0.717) is 27.2 Å². The molecule has 0 fully saturated rings. The smallest absolute Gasteiger partial charge is 0.234 e. The maximum Gasteiger partial charge on any atom is 0.234 e. The molecule has 0 atom stereocenters. The average molecular weight is 351 g/mol. The van der Waals surface area contributed by atoms with Crippen molar-refractivity contribution in [2.75, 3.05) is 35.9 Å². The van der Waals surface area contributed by atoms with Crippen molar-refractivity contribution in [2.45, 2.75) is 10.1 Å². The number of thioether (sulfide) groups is 2. The van der Waals surface area contributed by atoms with Gasteiger partial charge in [-0.3, -0.25) is 4.79 Å². The molecule has 0 unspecified atom stereocenters. The molecular formula is C14H17N5O2S2. The maximum atomic E-state index is 12.0. The number of nitrogens with zero attached hydrogens (tertiary/aromatic N) is 2. The van der Waals surface area contributed by atoms with Crippen LogP contribution in [-0.4, -0.2) is 35.0 Å². The number of aromatic nitrogens is 2. The van der Waals surface area contributed by atoms with E-state index in [0.717, 1.165) is 0 Å². The Morgan fingerprint density at radius 3 is 2.74 bits per heavy atom. The molecule has 0 aliphatic heterocycles. The number of nitrogen functional groups attached to an aromatic ring is 2. The van der Waals surface area contributed by atoms with Crippen LogP contribution in [0.25, 0.3) is 0 Å². The van der Waals surface area contributed by atoms with Gasteiger partial charge in [-0.2, -0.15) is 0 Å². The van der Waals surface area contributed by atoms with E-state index in [2.05, 4.69) is 15.3 Å². The number of amides is 1. The van der Waals surface area contributed by atoms with Gasteiger partial charge in [0.1, 0.15) is 15.8 Å². The summed E-state index contributed by atoms with van der Waals surface area (Å²) in [5, 5.41) is 3.90. The SMILES string of the molecule is COc1cccc(NC(=O)CSc2nc(N)nc(SC)c2N)c1. The third-order valence-corrected chi connectivity index (χ3v) is 4.47. The number of anilines is 3. The Bertz CT molecular complexity index is 712. The van der Waals surface area contributed by atoms with Crippen LogP contribution in [0.5, 0.6) is 5.75 Å². The summed E-state index contributed by atoms with van der Waals surface area (Å²) in [7, 11) is 1.57. The molecule has 1 heterocycles. The zero-order chi connectivity index (χ0) is 16.8. The van der Waals surface area contributed by atoms with Crippen LogP contribution in [0.1, 0.15) is 0 Å². The van der Waals surface area contributed by atoms with Gasteiger partial charge in [-0.05, 0) is 18.4 Å². The minimum atomic E-state index is -0.175. The van der Waals surface area contributed by atoms with E-state index in [9.17, 15) is 4.79 Å². The molecule has 122 valence electrons. The van der Waals surface area contributed by atoms with Gasteiger partial charge in [0.2, 0.25) is 11.9 Å². The fourth-order valence-electron chi connectivity index (χ4n) is 1.74. The van der Waals surface area contributed by atoms with Gasteiger partial charge in [0.05, 0.1) is 18.6 Å². The zero-order valence-electron chi connectivity index (χ0n) is 12.7.